The highest BCUT2D eigenvalue weighted by atomic mass is 79.9. The highest BCUT2D eigenvalue weighted by molar-refractivity contribution is 9.10. The smallest absolute Gasteiger partial charge is 0.251 e. The molecule has 3 fully saturated rings. The Bertz CT molecular complexity index is 690. The van der Waals surface area contributed by atoms with Crippen molar-refractivity contribution in [2.24, 2.45) is 5.92 Å². The van der Waals surface area contributed by atoms with Gasteiger partial charge in [0.05, 0.1) is 4.47 Å². The van der Waals surface area contributed by atoms with Crippen molar-refractivity contribution in [1.29, 1.82) is 0 Å². The van der Waals surface area contributed by atoms with Crippen molar-refractivity contribution in [3.05, 3.63) is 34.5 Å². The van der Waals surface area contributed by atoms with Crippen LogP contribution >= 0.6 is 15.9 Å². The van der Waals surface area contributed by atoms with Gasteiger partial charge in [-0.3, -0.25) is 4.79 Å². The van der Waals surface area contributed by atoms with E-state index in [1.165, 1.54) is 25.9 Å². The van der Waals surface area contributed by atoms with Gasteiger partial charge in [-0.15, -0.1) is 0 Å². The minimum absolute atomic E-state index is 0.0162. The summed E-state index contributed by atoms with van der Waals surface area (Å²) in [6.07, 6.45) is 5.32. The zero-order chi connectivity index (χ0) is 15.1. The van der Waals surface area contributed by atoms with Gasteiger partial charge < -0.3 is 14.6 Å². The zero-order valence-electron chi connectivity index (χ0n) is 12.3. The number of hydrogen-bond donors (Lipinski definition) is 1. The molecule has 3 aliphatic rings. The van der Waals surface area contributed by atoms with Gasteiger partial charge in [0.2, 0.25) is 0 Å². The molecule has 5 heteroatoms. The highest BCUT2D eigenvalue weighted by Gasteiger charge is 2.29. The van der Waals surface area contributed by atoms with Crippen molar-refractivity contribution in [3.8, 4) is 0 Å². The van der Waals surface area contributed by atoms with Crippen LogP contribution in [0.25, 0.3) is 11.0 Å². The van der Waals surface area contributed by atoms with E-state index in [-0.39, 0.29) is 11.9 Å². The number of rotatable bonds is 2. The van der Waals surface area contributed by atoms with Gasteiger partial charge in [0.15, 0.2) is 0 Å². The lowest BCUT2D eigenvalue weighted by Crippen LogP contribution is -2.41. The van der Waals surface area contributed by atoms with Crippen molar-refractivity contribution in [3.63, 3.8) is 0 Å². The van der Waals surface area contributed by atoms with Crippen LogP contribution in [0, 0.1) is 5.92 Å². The molecule has 0 saturated carbocycles. The summed E-state index contributed by atoms with van der Waals surface area (Å²) >= 11 is 3.45. The number of benzene rings is 1. The first kappa shape index (κ1) is 14.3. The molecule has 0 spiro atoms. The monoisotopic (exact) mass is 362 g/mol. The second-order valence-electron chi connectivity index (χ2n) is 6.44. The molecule has 1 N–H and O–H groups in total. The largest absolute Gasteiger partial charge is 0.463 e. The maximum atomic E-state index is 12.6. The first-order chi connectivity index (χ1) is 10.7. The van der Waals surface area contributed by atoms with Crippen LogP contribution in [0.1, 0.15) is 29.6 Å². The quantitative estimate of drug-likeness (QED) is 0.890. The molecular weight excluding hydrogens is 344 g/mol. The summed E-state index contributed by atoms with van der Waals surface area (Å²) in [4.78, 5) is 15.0. The molecule has 1 aromatic heterocycles. The second kappa shape index (κ2) is 5.70. The van der Waals surface area contributed by atoms with Gasteiger partial charge >= 0.3 is 0 Å². The molecule has 116 valence electrons. The lowest BCUT2D eigenvalue weighted by atomic mass is 9.94. The average molecular weight is 363 g/mol. The Hall–Kier alpha value is -1.33. The number of piperidine rings is 1. The van der Waals surface area contributed by atoms with E-state index >= 15 is 0 Å². The van der Waals surface area contributed by atoms with E-state index in [0.29, 0.717) is 5.56 Å². The van der Waals surface area contributed by atoms with Crippen LogP contribution < -0.4 is 5.32 Å². The van der Waals surface area contributed by atoms with E-state index in [0.717, 1.165) is 34.3 Å². The average Bonchev–Trinajstić information content (AvgIpc) is 2.70. The standard InChI is InChI=1S/C17H19BrN2O2/c18-15-10-22-16-2-1-12(8-14(15)16)17(21)19-13-7-11-3-5-20(9-13)6-4-11/h1-2,8,10-11,13H,3-7,9H2,(H,19,21). The molecule has 0 radical (unpaired) electrons. The fourth-order valence-electron chi connectivity index (χ4n) is 3.71. The Balaban J connectivity index is 1.52. The Morgan fingerprint density at radius 2 is 2.14 bits per heavy atom. The van der Waals surface area contributed by atoms with Crippen LogP contribution in [0.15, 0.2) is 33.4 Å². The van der Waals surface area contributed by atoms with Crippen molar-refractivity contribution in [1.82, 2.24) is 10.2 Å². The molecule has 5 rings (SSSR count). The van der Waals surface area contributed by atoms with Crippen molar-refractivity contribution in [2.75, 3.05) is 19.6 Å². The molecule has 2 bridgehead atoms. The zero-order valence-corrected chi connectivity index (χ0v) is 13.9. The van der Waals surface area contributed by atoms with E-state index in [1.54, 1.807) is 6.26 Å². The predicted molar refractivity (Wildman–Crippen MR) is 88.9 cm³/mol. The number of amides is 1. The van der Waals surface area contributed by atoms with E-state index in [9.17, 15) is 4.79 Å². The third kappa shape index (κ3) is 2.68. The van der Waals surface area contributed by atoms with Gasteiger partial charge in [-0.2, -0.15) is 0 Å². The summed E-state index contributed by atoms with van der Waals surface area (Å²) in [5.41, 5.74) is 1.49. The third-order valence-corrected chi connectivity index (χ3v) is 5.54. The highest BCUT2D eigenvalue weighted by Crippen LogP contribution is 2.28. The molecule has 1 aromatic carbocycles. The molecule has 4 nitrogen and oxygen atoms in total. The van der Waals surface area contributed by atoms with Crippen molar-refractivity contribution < 1.29 is 9.21 Å². The molecular formula is C17H19BrN2O2. The van der Waals surface area contributed by atoms with Crippen LogP contribution in [-0.2, 0) is 0 Å². The normalized spacial score (nSPS) is 27.8. The predicted octanol–water partition coefficient (Wildman–Crippen LogP) is 3.41. The van der Waals surface area contributed by atoms with E-state index < -0.39 is 0 Å². The van der Waals surface area contributed by atoms with Crippen molar-refractivity contribution in [2.45, 2.75) is 25.3 Å². The summed E-state index contributed by atoms with van der Waals surface area (Å²) in [7, 11) is 0. The number of carbonyl (C=O) groups is 1. The number of carbonyl (C=O) groups excluding carboxylic acids is 1. The second-order valence-corrected chi connectivity index (χ2v) is 7.30. The molecule has 1 atom stereocenters. The molecule has 4 heterocycles. The number of halogens is 1. The first-order valence-corrected chi connectivity index (χ1v) is 8.68. The van der Waals surface area contributed by atoms with Gasteiger partial charge in [-0.1, -0.05) is 0 Å². The lowest BCUT2D eigenvalue weighted by molar-refractivity contribution is 0.0929. The Kier molecular flexibility index (Phi) is 3.70. The molecule has 1 amide bonds. The number of furan rings is 1. The number of nitrogens with zero attached hydrogens (tertiary/aromatic N) is 1. The van der Waals surface area contributed by atoms with Crippen molar-refractivity contribution >= 4 is 32.8 Å². The third-order valence-electron chi connectivity index (χ3n) is 4.93. The molecule has 3 aliphatic heterocycles. The van der Waals surface area contributed by atoms with Gasteiger partial charge in [0.1, 0.15) is 11.8 Å². The van der Waals surface area contributed by atoms with E-state index in [1.807, 2.05) is 18.2 Å². The Morgan fingerprint density at radius 1 is 1.32 bits per heavy atom. The number of hydrogen-bond acceptors (Lipinski definition) is 3. The minimum atomic E-state index is 0.0162. The molecule has 1 unspecified atom stereocenters. The molecule has 3 saturated heterocycles. The maximum absolute atomic E-state index is 12.6. The van der Waals surface area contributed by atoms with E-state index in [4.69, 9.17) is 4.42 Å². The summed E-state index contributed by atoms with van der Waals surface area (Å²) in [5.74, 6) is 0.789. The summed E-state index contributed by atoms with van der Waals surface area (Å²) in [6.45, 7) is 3.36. The number of fused-ring (bicyclic) bond motifs is 5. The minimum Gasteiger partial charge on any atom is -0.463 e. The fourth-order valence-corrected chi connectivity index (χ4v) is 4.11. The van der Waals surface area contributed by atoms with Gasteiger partial charge in [-0.25, -0.2) is 0 Å². The van der Waals surface area contributed by atoms with Crippen LogP contribution in [-0.4, -0.2) is 36.5 Å². The van der Waals surface area contributed by atoms with Gasteiger partial charge in [-0.05, 0) is 72.4 Å². The fraction of sp³-hybridized carbons (Fsp3) is 0.471. The van der Waals surface area contributed by atoms with Crippen LogP contribution in [0.5, 0.6) is 0 Å². The first-order valence-electron chi connectivity index (χ1n) is 7.89. The molecule has 22 heavy (non-hydrogen) atoms. The maximum Gasteiger partial charge on any atom is 0.251 e. The lowest BCUT2D eigenvalue weighted by Gasteiger charge is -2.26. The molecule has 2 aromatic rings. The van der Waals surface area contributed by atoms with Crippen LogP contribution in [0.3, 0.4) is 0 Å². The molecule has 0 aliphatic carbocycles. The van der Waals surface area contributed by atoms with Crippen LogP contribution in [0.2, 0.25) is 0 Å². The Labute approximate surface area is 138 Å². The summed E-state index contributed by atoms with van der Waals surface area (Å²) < 4.78 is 6.29. The SMILES string of the molecule is O=C(NC1CC2CCN(CC2)C1)c1ccc2occ(Br)c2c1. The van der Waals surface area contributed by atoms with Gasteiger partial charge in [0.25, 0.3) is 5.91 Å². The Morgan fingerprint density at radius 3 is 2.95 bits per heavy atom. The van der Waals surface area contributed by atoms with Crippen LogP contribution in [0.4, 0.5) is 0 Å². The summed E-state index contributed by atoms with van der Waals surface area (Å²) in [6, 6.07) is 5.85. The topological polar surface area (TPSA) is 45.5 Å². The van der Waals surface area contributed by atoms with Gasteiger partial charge in [0, 0.05) is 23.5 Å². The van der Waals surface area contributed by atoms with E-state index in [2.05, 4.69) is 26.1 Å². The summed E-state index contributed by atoms with van der Waals surface area (Å²) in [5, 5.41) is 4.17. The number of nitrogens with one attached hydrogen (secondary N) is 1.